The van der Waals surface area contributed by atoms with Gasteiger partial charge >= 0.3 is 30.0 Å². The minimum atomic E-state index is -1.21. The summed E-state index contributed by atoms with van der Waals surface area (Å²) in [6.45, 7) is 2.17. The Balaban J connectivity index is 2.33. The van der Waals surface area contributed by atoms with Crippen molar-refractivity contribution in [2.45, 2.75) is 76.9 Å². The standard InChI is InChI=1S/C27H39N5O10/c1-2-21(33)20(15-24(37)38)31-22(34)14-17-8-10-18(11-9-17)16-30-26(41)28-12-4-3-6-19(25(39)40)32-27(42)29-13-5-7-23(35)36/h8-11,19-20H,2-7,12-16H2,1H3,(H,31,34)(H,35,36)(H,37,38)(H,39,40)(H2,28,30,41)(H2,29,32,42)/t19-,20-/m0/s1. The van der Waals surface area contributed by atoms with Crippen molar-refractivity contribution in [3.05, 3.63) is 35.4 Å². The summed E-state index contributed by atoms with van der Waals surface area (Å²) < 4.78 is 0. The number of carboxylic acid groups (broad SMARTS) is 3. The molecule has 0 fully saturated rings. The molecule has 0 aliphatic rings. The van der Waals surface area contributed by atoms with Crippen LogP contribution in [0.2, 0.25) is 0 Å². The van der Waals surface area contributed by atoms with Crippen LogP contribution < -0.4 is 26.6 Å². The molecule has 0 saturated carbocycles. The molecule has 42 heavy (non-hydrogen) atoms. The molecule has 1 aromatic rings. The topological polar surface area (TPSA) is 240 Å². The lowest BCUT2D eigenvalue weighted by Gasteiger charge is -2.15. The van der Waals surface area contributed by atoms with Crippen LogP contribution in [-0.2, 0) is 36.9 Å². The van der Waals surface area contributed by atoms with Gasteiger partial charge in [0.1, 0.15) is 6.04 Å². The molecule has 1 rings (SSSR count). The van der Waals surface area contributed by atoms with Gasteiger partial charge < -0.3 is 41.9 Å². The summed E-state index contributed by atoms with van der Waals surface area (Å²) in [5, 5.41) is 39.3. The van der Waals surface area contributed by atoms with Crippen molar-refractivity contribution in [1.82, 2.24) is 26.6 Å². The zero-order chi connectivity index (χ0) is 31.5. The Morgan fingerprint density at radius 3 is 1.93 bits per heavy atom. The van der Waals surface area contributed by atoms with Crippen LogP contribution in [0.25, 0.3) is 0 Å². The van der Waals surface area contributed by atoms with E-state index < -0.39 is 54.4 Å². The number of Topliss-reactive ketones (excluding diaryl/α,β-unsaturated/α-hetero) is 1. The fourth-order valence-electron chi connectivity index (χ4n) is 3.70. The van der Waals surface area contributed by atoms with E-state index >= 15 is 0 Å². The van der Waals surface area contributed by atoms with E-state index in [1.54, 1.807) is 31.2 Å². The van der Waals surface area contributed by atoms with E-state index in [0.29, 0.717) is 18.4 Å². The highest BCUT2D eigenvalue weighted by Crippen LogP contribution is 2.07. The molecule has 0 aliphatic heterocycles. The van der Waals surface area contributed by atoms with Gasteiger partial charge in [-0.05, 0) is 36.8 Å². The van der Waals surface area contributed by atoms with Crippen molar-refractivity contribution in [2.75, 3.05) is 13.1 Å². The second-order valence-corrected chi connectivity index (χ2v) is 9.42. The number of carbonyl (C=O) groups is 7. The third-order valence-corrected chi connectivity index (χ3v) is 5.95. The Labute approximate surface area is 242 Å². The molecule has 0 spiro atoms. The van der Waals surface area contributed by atoms with Crippen LogP contribution in [0, 0.1) is 0 Å². The van der Waals surface area contributed by atoms with Crippen LogP contribution in [0.3, 0.4) is 0 Å². The van der Waals surface area contributed by atoms with E-state index in [1.165, 1.54) is 0 Å². The van der Waals surface area contributed by atoms with Crippen molar-refractivity contribution in [1.29, 1.82) is 0 Å². The lowest BCUT2D eigenvalue weighted by molar-refractivity contribution is -0.140. The number of rotatable bonds is 20. The van der Waals surface area contributed by atoms with Crippen LogP contribution in [0.5, 0.6) is 0 Å². The lowest BCUT2D eigenvalue weighted by atomic mass is 10.1. The van der Waals surface area contributed by atoms with Crippen molar-refractivity contribution >= 4 is 41.7 Å². The van der Waals surface area contributed by atoms with E-state index in [9.17, 15) is 38.7 Å². The van der Waals surface area contributed by atoms with E-state index in [2.05, 4.69) is 26.6 Å². The van der Waals surface area contributed by atoms with Gasteiger partial charge in [0.15, 0.2) is 5.78 Å². The Morgan fingerprint density at radius 1 is 0.714 bits per heavy atom. The minimum absolute atomic E-state index is 0.0446. The zero-order valence-corrected chi connectivity index (χ0v) is 23.4. The number of unbranched alkanes of at least 4 members (excludes halogenated alkanes) is 1. The minimum Gasteiger partial charge on any atom is -0.481 e. The van der Waals surface area contributed by atoms with Gasteiger partial charge in [-0.25, -0.2) is 14.4 Å². The fraction of sp³-hybridized carbons (Fsp3) is 0.519. The number of hydrogen-bond acceptors (Lipinski definition) is 7. The predicted molar refractivity (Wildman–Crippen MR) is 149 cm³/mol. The first-order valence-corrected chi connectivity index (χ1v) is 13.5. The highest BCUT2D eigenvalue weighted by atomic mass is 16.4. The number of hydrogen-bond donors (Lipinski definition) is 8. The van der Waals surface area contributed by atoms with E-state index in [-0.39, 0.29) is 57.5 Å². The number of urea groups is 2. The molecular formula is C27H39N5O10. The molecule has 0 aliphatic carbocycles. The molecule has 232 valence electrons. The Kier molecular flexibility index (Phi) is 16.3. The number of carbonyl (C=O) groups excluding carboxylic acids is 4. The molecule has 5 amide bonds. The summed E-state index contributed by atoms with van der Waals surface area (Å²) in [5.41, 5.74) is 1.40. The third kappa shape index (κ3) is 15.8. The Morgan fingerprint density at radius 2 is 1.33 bits per heavy atom. The average Bonchev–Trinajstić information content (AvgIpc) is 2.92. The number of carboxylic acids is 3. The van der Waals surface area contributed by atoms with E-state index in [0.717, 1.165) is 5.56 Å². The second kappa shape index (κ2) is 19.4. The smallest absolute Gasteiger partial charge is 0.326 e. The summed E-state index contributed by atoms with van der Waals surface area (Å²) in [4.78, 5) is 80.8. The third-order valence-electron chi connectivity index (χ3n) is 5.95. The Bertz CT molecular complexity index is 1090. The molecule has 15 nitrogen and oxygen atoms in total. The van der Waals surface area contributed by atoms with Gasteiger partial charge in [-0.3, -0.25) is 19.2 Å². The van der Waals surface area contributed by atoms with Gasteiger partial charge in [-0.2, -0.15) is 0 Å². The molecule has 0 aromatic heterocycles. The first-order valence-electron chi connectivity index (χ1n) is 13.5. The number of nitrogens with one attached hydrogen (secondary N) is 5. The van der Waals surface area contributed by atoms with Gasteiger partial charge in [-0.15, -0.1) is 0 Å². The van der Waals surface area contributed by atoms with Crippen LogP contribution in [0.4, 0.5) is 9.59 Å². The van der Waals surface area contributed by atoms with Gasteiger partial charge in [0.25, 0.3) is 0 Å². The SMILES string of the molecule is CCC(=O)[C@H](CC(=O)O)NC(=O)Cc1ccc(CNC(=O)NCCCC[C@H](NC(=O)NCCCC(=O)O)C(=O)O)cc1. The van der Waals surface area contributed by atoms with Crippen molar-refractivity contribution in [3.63, 3.8) is 0 Å². The number of aliphatic carboxylic acids is 3. The van der Waals surface area contributed by atoms with Gasteiger partial charge in [0, 0.05) is 32.5 Å². The summed E-state index contributed by atoms with van der Waals surface area (Å²) in [7, 11) is 0. The molecule has 0 unspecified atom stereocenters. The highest BCUT2D eigenvalue weighted by Gasteiger charge is 2.22. The lowest BCUT2D eigenvalue weighted by Crippen LogP contribution is -2.46. The van der Waals surface area contributed by atoms with Crippen LogP contribution in [0.15, 0.2) is 24.3 Å². The molecule has 1 aromatic carbocycles. The largest absolute Gasteiger partial charge is 0.481 e. The van der Waals surface area contributed by atoms with Crippen molar-refractivity contribution in [3.8, 4) is 0 Å². The number of benzene rings is 1. The molecule has 0 heterocycles. The van der Waals surface area contributed by atoms with Gasteiger partial charge in [0.05, 0.1) is 18.9 Å². The second-order valence-electron chi connectivity index (χ2n) is 9.42. The van der Waals surface area contributed by atoms with E-state index in [1.807, 2.05) is 0 Å². The number of ketones is 1. The first kappa shape index (κ1) is 35.3. The van der Waals surface area contributed by atoms with Crippen LogP contribution in [0.1, 0.15) is 63.0 Å². The summed E-state index contributed by atoms with van der Waals surface area (Å²) in [6, 6.07) is 3.47. The maximum Gasteiger partial charge on any atom is 0.326 e. The van der Waals surface area contributed by atoms with Gasteiger partial charge in [0.2, 0.25) is 5.91 Å². The summed E-state index contributed by atoms with van der Waals surface area (Å²) >= 11 is 0. The predicted octanol–water partition coefficient (Wildman–Crippen LogP) is 0.754. The summed E-state index contributed by atoms with van der Waals surface area (Å²) in [6.07, 6.45) is 0.705. The maximum absolute atomic E-state index is 12.3. The zero-order valence-electron chi connectivity index (χ0n) is 23.4. The van der Waals surface area contributed by atoms with Gasteiger partial charge in [-0.1, -0.05) is 31.2 Å². The molecular weight excluding hydrogens is 554 g/mol. The normalized spacial score (nSPS) is 11.8. The number of amides is 5. The van der Waals surface area contributed by atoms with Crippen molar-refractivity contribution in [2.24, 2.45) is 0 Å². The molecule has 15 heteroatoms. The molecule has 2 atom stereocenters. The molecule has 8 N–H and O–H groups in total. The summed E-state index contributed by atoms with van der Waals surface area (Å²) in [5.74, 6) is -4.22. The average molecular weight is 594 g/mol. The highest BCUT2D eigenvalue weighted by molar-refractivity contribution is 5.92. The van der Waals surface area contributed by atoms with Crippen LogP contribution >= 0.6 is 0 Å². The molecule has 0 saturated heterocycles. The van der Waals surface area contributed by atoms with Crippen molar-refractivity contribution < 1.29 is 48.9 Å². The monoisotopic (exact) mass is 593 g/mol. The van der Waals surface area contributed by atoms with E-state index in [4.69, 9.17) is 10.2 Å². The Hall–Kier alpha value is -4.69. The molecule has 0 radical (unpaired) electrons. The maximum atomic E-state index is 12.3. The molecule has 0 bridgehead atoms. The first-order chi connectivity index (χ1) is 19.9. The van der Waals surface area contributed by atoms with Crippen LogP contribution in [-0.4, -0.2) is 82.2 Å². The quantitative estimate of drug-likeness (QED) is 0.0987. The fourth-order valence-corrected chi connectivity index (χ4v) is 3.70.